The van der Waals surface area contributed by atoms with Crippen molar-refractivity contribution in [1.82, 2.24) is 9.88 Å². The summed E-state index contributed by atoms with van der Waals surface area (Å²) in [5, 5.41) is 8.97. The van der Waals surface area contributed by atoms with E-state index >= 15 is 0 Å². The maximum Gasteiger partial charge on any atom is 0.417 e. The van der Waals surface area contributed by atoms with Gasteiger partial charge in [0.05, 0.1) is 22.2 Å². The summed E-state index contributed by atoms with van der Waals surface area (Å²) < 4.78 is 38.1. The second kappa shape index (κ2) is 7.52. The SMILES string of the molecule is N#Cc1cccc(CN2CCN(c3ncc(C(F)(F)F)cc3Cl)CC2)c1. The summed E-state index contributed by atoms with van der Waals surface area (Å²) in [4.78, 5) is 8.04. The second-order valence-electron chi connectivity index (χ2n) is 6.10. The summed E-state index contributed by atoms with van der Waals surface area (Å²) in [5.74, 6) is 0.380. The van der Waals surface area contributed by atoms with Crippen LogP contribution in [0.2, 0.25) is 5.02 Å². The van der Waals surface area contributed by atoms with Gasteiger partial charge >= 0.3 is 6.18 Å². The van der Waals surface area contributed by atoms with Gasteiger partial charge < -0.3 is 4.90 Å². The lowest BCUT2D eigenvalue weighted by Crippen LogP contribution is -2.46. The molecule has 0 radical (unpaired) electrons. The van der Waals surface area contributed by atoms with E-state index in [-0.39, 0.29) is 5.02 Å². The van der Waals surface area contributed by atoms with Crippen molar-refractivity contribution in [3.8, 4) is 6.07 Å². The van der Waals surface area contributed by atoms with Crippen molar-refractivity contribution in [2.75, 3.05) is 31.1 Å². The maximum absolute atomic E-state index is 12.7. The van der Waals surface area contributed by atoms with E-state index in [0.717, 1.165) is 37.5 Å². The van der Waals surface area contributed by atoms with Crippen LogP contribution in [0.5, 0.6) is 0 Å². The number of anilines is 1. The first-order valence-electron chi connectivity index (χ1n) is 8.06. The lowest BCUT2D eigenvalue weighted by atomic mass is 10.1. The van der Waals surface area contributed by atoms with Crippen LogP contribution in [0, 0.1) is 11.3 Å². The molecule has 1 aromatic carbocycles. The standard InChI is InChI=1S/C18H16ClF3N4/c19-16-9-15(18(20,21)22)11-24-17(16)26-6-4-25(5-7-26)12-14-3-1-2-13(8-14)10-23/h1-3,8-9,11H,4-7,12H2. The predicted octanol–water partition coefficient (Wildman–Crippen LogP) is 3.95. The number of benzene rings is 1. The second-order valence-corrected chi connectivity index (χ2v) is 6.51. The Morgan fingerprint density at radius 3 is 2.50 bits per heavy atom. The molecule has 26 heavy (non-hydrogen) atoms. The highest BCUT2D eigenvalue weighted by Gasteiger charge is 2.32. The molecule has 1 fully saturated rings. The maximum atomic E-state index is 12.7. The lowest BCUT2D eigenvalue weighted by Gasteiger charge is -2.35. The largest absolute Gasteiger partial charge is 0.417 e. The van der Waals surface area contributed by atoms with Gasteiger partial charge in [0.25, 0.3) is 0 Å². The van der Waals surface area contributed by atoms with Gasteiger partial charge in [-0.05, 0) is 23.8 Å². The number of hydrogen-bond acceptors (Lipinski definition) is 4. The summed E-state index contributed by atoms with van der Waals surface area (Å²) in [5.41, 5.74) is 0.840. The molecule has 136 valence electrons. The van der Waals surface area contributed by atoms with Crippen molar-refractivity contribution in [3.63, 3.8) is 0 Å². The Labute approximate surface area is 154 Å². The summed E-state index contributed by atoms with van der Waals surface area (Å²) in [6.45, 7) is 3.43. The molecule has 0 bridgehead atoms. The van der Waals surface area contributed by atoms with Crippen LogP contribution in [0.15, 0.2) is 36.5 Å². The summed E-state index contributed by atoms with van der Waals surface area (Å²) in [6.07, 6.45) is -3.63. The minimum absolute atomic E-state index is 0.00926. The summed E-state index contributed by atoms with van der Waals surface area (Å²) in [7, 11) is 0. The normalized spacial score (nSPS) is 15.7. The van der Waals surface area contributed by atoms with E-state index in [1.807, 2.05) is 23.1 Å². The zero-order valence-electron chi connectivity index (χ0n) is 13.8. The third-order valence-corrected chi connectivity index (χ3v) is 4.56. The zero-order valence-corrected chi connectivity index (χ0v) is 14.6. The van der Waals surface area contributed by atoms with Crippen molar-refractivity contribution in [2.24, 2.45) is 0 Å². The van der Waals surface area contributed by atoms with Crippen LogP contribution >= 0.6 is 11.6 Å². The number of nitriles is 1. The van der Waals surface area contributed by atoms with E-state index in [1.165, 1.54) is 0 Å². The molecule has 8 heteroatoms. The van der Waals surface area contributed by atoms with Gasteiger partial charge in [-0.3, -0.25) is 4.90 Å². The number of rotatable bonds is 3. The van der Waals surface area contributed by atoms with Gasteiger partial charge in [0.1, 0.15) is 5.82 Å². The Kier molecular flexibility index (Phi) is 5.35. The van der Waals surface area contributed by atoms with Gasteiger partial charge in [0.15, 0.2) is 0 Å². The number of aromatic nitrogens is 1. The van der Waals surface area contributed by atoms with Gasteiger partial charge in [0.2, 0.25) is 0 Å². The van der Waals surface area contributed by atoms with Crippen LogP contribution in [0.25, 0.3) is 0 Å². The van der Waals surface area contributed by atoms with Crippen LogP contribution < -0.4 is 4.90 Å². The number of hydrogen-bond donors (Lipinski definition) is 0. The number of piperazine rings is 1. The summed E-state index contributed by atoms with van der Waals surface area (Å²) >= 11 is 6.02. The quantitative estimate of drug-likeness (QED) is 0.808. The molecule has 0 atom stereocenters. The minimum atomic E-state index is -4.45. The average Bonchev–Trinajstić information content (AvgIpc) is 2.62. The Morgan fingerprint density at radius 2 is 1.88 bits per heavy atom. The molecular formula is C18H16ClF3N4. The fourth-order valence-corrected chi connectivity index (χ4v) is 3.22. The molecule has 1 aliphatic rings. The minimum Gasteiger partial charge on any atom is -0.353 e. The van der Waals surface area contributed by atoms with E-state index in [2.05, 4.69) is 16.0 Å². The van der Waals surface area contributed by atoms with E-state index in [0.29, 0.717) is 24.5 Å². The highest BCUT2D eigenvalue weighted by atomic mass is 35.5. The molecule has 0 saturated carbocycles. The molecule has 0 amide bonds. The Morgan fingerprint density at radius 1 is 1.15 bits per heavy atom. The lowest BCUT2D eigenvalue weighted by molar-refractivity contribution is -0.137. The van der Waals surface area contributed by atoms with E-state index in [9.17, 15) is 13.2 Å². The van der Waals surface area contributed by atoms with Gasteiger partial charge in [-0.1, -0.05) is 23.7 Å². The van der Waals surface area contributed by atoms with Crippen LogP contribution in [0.4, 0.5) is 19.0 Å². The number of halogens is 4. The Hall–Kier alpha value is -2.30. The number of alkyl halides is 3. The van der Waals surface area contributed by atoms with E-state index in [1.54, 1.807) is 6.07 Å². The third-order valence-electron chi connectivity index (χ3n) is 4.28. The first-order chi connectivity index (χ1) is 12.4. The Bertz CT molecular complexity index is 824. The van der Waals surface area contributed by atoms with Crippen molar-refractivity contribution < 1.29 is 13.2 Å². The molecule has 2 heterocycles. The fourth-order valence-electron chi connectivity index (χ4n) is 2.93. The number of nitrogens with zero attached hydrogens (tertiary/aromatic N) is 4. The van der Waals surface area contributed by atoms with Gasteiger partial charge in [-0.15, -0.1) is 0 Å². The van der Waals surface area contributed by atoms with Gasteiger partial charge in [-0.25, -0.2) is 4.98 Å². The summed E-state index contributed by atoms with van der Waals surface area (Å²) in [6, 6.07) is 10.5. The van der Waals surface area contributed by atoms with Gasteiger partial charge in [-0.2, -0.15) is 18.4 Å². The monoisotopic (exact) mass is 380 g/mol. The average molecular weight is 381 g/mol. The first kappa shape index (κ1) is 18.5. The predicted molar refractivity (Wildman–Crippen MR) is 92.9 cm³/mol. The molecule has 0 aliphatic carbocycles. The third kappa shape index (κ3) is 4.26. The number of pyridine rings is 1. The van der Waals surface area contributed by atoms with Gasteiger partial charge in [0, 0.05) is 38.9 Å². The fraction of sp³-hybridized carbons (Fsp3) is 0.333. The highest BCUT2D eigenvalue weighted by molar-refractivity contribution is 6.33. The highest BCUT2D eigenvalue weighted by Crippen LogP contribution is 2.33. The van der Waals surface area contributed by atoms with Crippen LogP contribution in [0.3, 0.4) is 0 Å². The van der Waals surface area contributed by atoms with E-state index in [4.69, 9.17) is 16.9 Å². The molecule has 1 aromatic heterocycles. The topological polar surface area (TPSA) is 43.2 Å². The molecule has 3 rings (SSSR count). The molecule has 0 unspecified atom stereocenters. The zero-order chi connectivity index (χ0) is 18.7. The Balaban J connectivity index is 1.62. The molecule has 2 aromatic rings. The van der Waals surface area contributed by atoms with Crippen molar-refractivity contribution in [1.29, 1.82) is 5.26 Å². The van der Waals surface area contributed by atoms with Crippen LogP contribution in [-0.4, -0.2) is 36.1 Å². The molecule has 1 saturated heterocycles. The van der Waals surface area contributed by atoms with Crippen LogP contribution in [0.1, 0.15) is 16.7 Å². The molecular weight excluding hydrogens is 365 g/mol. The van der Waals surface area contributed by atoms with Crippen molar-refractivity contribution in [2.45, 2.75) is 12.7 Å². The molecule has 0 spiro atoms. The van der Waals surface area contributed by atoms with Crippen molar-refractivity contribution >= 4 is 17.4 Å². The molecule has 1 aliphatic heterocycles. The van der Waals surface area contributed by atoms with Crippen molar-refractivity contribution in [3.05, 3.63) is 58.2 Å². The molecule has 0 N–H and O–H groups in total. The van der Waals surface area contributed by atoms with Crippen LogP contribution in [-0.2, 0) is 12.7 Å². The van der Waals surface area contributed by atoms with E-state index < -0.39 is 11.7 Å². The first-order valence-corrected chi connectivity index (χ1v) is 8.43. The molecule has 4 nitrogen and oxygen atoms in total. The smallest absolute Gasteiger partial charge is 0.353 e.